The number of hydrogen-bond acceptors (Lipinski definition) is 4. The molecule has 178 valence electrons. The zero-order valence-corrected chi connectivity index (χ0v) is 21.0. The second kappa shape index (κ2) is 9.14. The number of aromatic nitrogens is 1. The lowest BCUT2D eigenvalue weighted by Crippen LogP contribution is -2.40. The maximum atomic E-state index is 14.0. The van der Waals surface area contributed by atoms with Gasteiger partial charge in [-0.1, -0.05) is 73.4 Å². The van der Waals surface area contributed by atoms with Crippen molar-refractivity contribution in [3.05, 3.63) is 99.4 Å². The van der Waals surface area contributed by atoms with E-state index in [1.807, 2.05) is 36.4 Å². The largest absolute Gasteiger partial charge is 0.356 e. The topological polar surface area (TPSA) is 62.3 Å². The number of carbonyl (C=O) groups is 2. The van der Waals surface area contributed by atoms with E-state index < -0.39 is 6.04 Å². The van der Waals surface area contributed by atoms with Crippen LogP contribution in [-0.2, 0) is 16.0 Å². The minimum absolute atomic E-state index is 0.00181. The fraction of sp³-hybridized carbons (Fsp3) is 0.250. The molecule has 1 atom stereocenters. The molecule has 35 heavy (non-hydrogen) atoms. The van der Waals surface area contributed by atoms with Crippen molar-refractivity contribution in [1.29, 1.82) is 0 Å². The molecule has 2 aliphatic rings. The van der Waals surface area contributed by atoms with Gasteiger partial charge < -0.3 is 5.32 Å². The van der Waals surface area contributed by atoms with Crippen molar-refractivity contribution < 1.29 is 9.59 Å². The summed E-state index contributed by atoms with van der Waals surface area (Å²) in [6.45, 7) is 4.15. The number of fused-ring (bicyclic) bond motifs is 1. The fourth-order valence-electron chi connectivity index (χ4n) is 5.04. The molecule has 3 aromatic rings. The molecule has 0 fully saturated rings. The van der Waals surface area contributed by atoms with Crippen LogP contribution in [0, 0.1) is 5.41 Å². The lowest BCUT2D eigenvalue weighted by molar-refractivity contribution is -0.119. The number of halogens is 2. The molecule has 0 saturated carbocycles. The van der Waals surface area contributed by atoms with E-state index in [9.17, 15) is 9.59 Å². The third-order valence-electron chi connectivity index (χ3n) is 6.52. The lowest BCUT2D eigenvalue weighted by Gasteiger charge is -2.37. The van der Waals surface area contributed by atoms with Crippen LogP contribution in [0.4, 0.5) is 11.4 Å². The monoisotopic (exact) mass is 505 g/mol. The molecule has 0 saturated heterocycles. The number of hydrogen-bond donors (Lipinski definition) is 1. The van der Waals surface area contributed by atoms with Crippen LogP contribution in [0.5, 0.6) is 0 Å². The molecule has 5 nitrogen and oxygen atoms in total. The SMILES string of the molecule is CC1(C)CC(=O)C2=C(C1)Nc1cnccc1N(C(=O)Cc1ccccc1)C2c1ccc(Cl)cc1Cl. The number of nitrogens with zero attached hydrogens (tertiary/aromatic N) is 2. The van der Waals surface area contributed by atoms with Gasteiger partial charge in [-0.05, 0) is 41.2 Å². The predicted molar refractivity (Wildman–Crippen MR) is 140 cm³/mol. The standard InChI is InChI=1S/C28H25Cl2N3O2/c1-28(2)14-21-26(24(34)15-28)27(19-9-8-18(29)13-20(19)30)33(23-10-11-31-16-22(23)32-21)25(35)12-17-6-4-3-5-7-17/h3-11,13,16,27,32H,12,14-15H2,1-2H3. The molecule has 2 aromatic carbocycles. The van der Waals surface area contributed by atoms with Gasteiger partial charge in [-0.15, -0.1) is 0 Å². The Morgan fingerprint density at radius 2 is 1.89 bits per heavy atom. The van der Waals surface area contributed by atoms with Crippen molar-refractivity contribution >= 4 is 46.3 Å². The number of benzene rings is 2. The van der Waals surface area contributed by atoms with Crippen molar-refractivity contribution in [3.8, 4) is 0 Å². The molecule has 2 heterocycles. The van der Waals surface area contributed by atoms with E-state index in [0.29, 0.717) is 45.4 Å². The summed E-state index contributed by atoms with van der Waals surface area (Å²) in [6.07, 6.45) is 4.56. The normalized spacial score (nSPS) is 18.9. The molecule has 1 aliphatic carbocycles. The first-order chi connectivity index (χ1) is 16.7. The summed E-state index contributed by atoms with van der Waals surface area (Å²) in [7, 11) is 0. The van der Waals surface area contributed by atoms with Crippen LogP contribution in [0.25, 0.3) is 0 Å². The maximum Gasteiger partial charge on any atom is 0.232 e. The summed E-state index contributed by atoms with van der Waals surface area (Å²) in [5, 5.41) is 4.35. The number of allylic oxidation sites excluding steroid dienone is 1. The molecule has 1 aliphatic heterocycles. The summed E-state index contributed by atoms with van der Waals surface area (Å²) in [4.78, 5) is 33.7. The van der Waals surface area contributed by atoms with Gasteiger partial charge in [0.05, 0.1) is 30.0 Å². The Hall–Kier alpha value is -3.15. The molecule has 1 N–H and O–H groups in total. The highest BCUT2D eigenvalue weighted by Crippen LogP contribution is 2.49. The van der Waals surface area contributed by atoms with Crippen molar-refractivity contribution in [3.63, 3.8) is 0 Å². The van der Waals surface area contributed by atoms with Gasteiger partial charge in [0.2, 0.25) is 5.91 Å². The van der Waals surface area contributed by atoms with Crippen LogP contribution >= 0.6 is 23.2 Å². The van der Waals surface area contributed by atoms with E-state index in [2.05, 4.69) is 24.1 Å². The Morgan fingerprint density at radius 1 is 1.11 bits per heavy atom. The second-order valence-electron chi connectivity index (χ2n) is 9.85. The van der Waals surface area contributed by atoms with Crippen molar-refractivity contribution in [2.24, 2.45) is 5.41 Å². The molecule has 0 bridgehead atoms. The Bertz CT molecular complexity index is 1350. The van der Waals surface area contributed by atoms with Crippen LogP contribution in [0.15, 0.2) is 78.3 Å². The quantitative estimate of drug-likeness (QED) is 0.426. The van der Waals surface area contributed by atoms with E-state index in [0.717, 1.165) is 11.3 Å². The summed E-state index contributed by atoms with van der Waals surface area (Å²) in [5.74, 6) is -0.147. The van der Waals surface area contributed by atoms with Gasteiger partial charge in [0, 0.05) is 33.9 Å². The van der Waals surface area contributed by atoms with Gasteiger partial charge in [-0.2, -0.15) is 0 Å². The maximum absolute atomic E-state index is 14.0. The third kappa shape index (κ3) is 4.58. The number of pyridine rings is 1. The fourth-order valence-corrected chi connectivity index (χ4v) is 5.55. The average Bonchev–Trinajstić information content (AvgIpc) is 2.93. The third-order valence-corrected chi connectivity index (χ3v) is 7.08. The molecule has 1 aromatic heterocycles. The highest BCUT2D eigenvalue weighted by molar-refractivity contribution is 6.35. The number of rotatable bonds is 3. The Kier molecular flexibility index (Phi) is 6.16. The van der Waals surface area contributed by atoms with Crippen LogP contribution < -0.4 is 10.2 Å². The molecular weight excluding hydrogens is 481 g/mol. The summed E-state index contributed by atoms with van der Waals surface area (Å²) in [6, 6.07) is 15.9. The van der Waals surface area contributed by atoms with Gasteiger partial charge in [-0.3, -0.25) is 19.5 Å². The number of carbonyl (C=O) groups excluding carboxylic acids is 2. The zero-order chi connectivity index (χ0) is 24.7. The van der Waals surface area contributed by atoms with Crippen molar-refractivity contribution in [2.75, 3.05) is 10.2 Å². The first kappa shape index (κ1) is 23.6. The minimum Gasteiger partial charge on any atom is -0.356 e. The number of nitrogens with one attached hydrogen (secondary N) is 1. The van der Waals surface area contributed by atoms with E-state index in [1.54, 1.807) is 35.5 Å². The van der Waals surface area contributed by atoms with Crippen molar-refractivity contribution in [1.82, 2.24) is 4.98 Å². The Labute approximate surface area is 214 Å². The van der Waals surface area contributed by atoms with Gasteiger partial charge in [0.25, 0.3) is 0 Å². The highest BCUT2D eigenvalue weighted by Gasteiger charge is 2.43. The van der Waals surface area contributed by atoms with Crippen LogP contribution in [0.2, 0.25) is 10.0 Å². The van der Waals surface area contributed by atoms with E-state index in [-0.39, 0.29) is 23.5 Å². The number of amides is 1. The molecule has 0 spiro atoms. The minimum atomic E-state index is -0.703. The molecule has 5 rings (SSSR count). The Morgan fingerprint density at radius 3 is 2.63 bits per heavy atom. The summed E-state index contributed by atoms with van der Waals surface area (Å²) >= 11 is 12.9. The second-order valence-corrected chi connectivity index (χ2v) is 10.7. The zero-order valence-electron chi connectivity index (χ0n) is 19.5. The van der Waals surface area contributed by atoms with Gasteiger partial charge in [0.15, 0.2) is 5.78 Å². The lowest BCUT2D eigenvalue weighted by atomic mass is 9.73. The number of anilines is 2. The average molecular weight is 506 g/mol. The highest BCUT2D eigenvalue weighted by atomic mass is 35.5. The summed E-state index contributed by atoms with van der Waals surface area (Å²) in [5.41, 5.74) is 4.01. The number of Topliss-reactive ketones (excluding diaryl/α,β-unsaturated/α-hetero) is 1. The molecule has 1 amide bonds. The first-order valence-corrected chi connectivity index (χ1v) is 12.3. The van der Waals surface area contributed by atoms with Crippen LogP contribution in [0.1, 0.15) is 43.9 Å². The van der Waals surface area contributed by atoms with Gasteiger partial charge in [-0.25, -0.2) is 0 Å². The molecule has 7 heteroatoms. The summed E-state index contributed by atoms with van der Waals surface area (Å²) < 4.78 is 0. The molecule has 1 unspecified atom stereocenters. The van der Waals surface area contributed by atoms with Gasteiger partial charge in [0.1, 0.15) is 0 Å². The van der Waals surface area contributed by atoms with E-state index in [1.165, 1.54) is 0 Å². The predicted octanol–water partition coefficient (Wildman–Crippen LogP) is 6.77. The molecular formula is C28H25Cl2N3O2. The smallest absolute Gasteiger partial charge is 0.232 e. The van der Waals surface area contributed by atoms with Gasteiger partial charge >= 0.3 is 0 Å². The van der Waals surface area contributed by atoms with Crippen molar-refractivity contribution in [2.45, 2.75) is 39.2 Å². The van der Waals surface area contributed by atoms with Crippen LogP contribution in [-0.4, -0.2) is 16.7 Å². The van der Waals surface area contributed by atoms with Crippen LogP contribution in [0.3, 0.4) is 0 Å². The Balaban J connectivity index is 1.75. The van der Waals surface area contributed by atoms with E-state index >= 15 is 0 Å². The first-order valence-electron chi connectivity index (χ1n) is 11.5. The molecule has 0 radical (unpaired) electrons. The number of ketones is 1. The van der Waals surface area contributed by atoms with E-state index in [4.69, 9.17) is 23.2 Å².